The number of benzene rings is 1. The SMILES string of the molecule is CCC(C)Oc1ccc(OC)cc1[B-](F)(F)F.[K+]. The van der Waals surface area contributed by atoms with Crippen molar-refractivity contribution in [2.45, 2.75) is 26.4 Å². The van der Waals surface area contributed by atoms with Gasteiger partial charge < -0.3 is 22.4 Å². The van der Waals surface area contributed by atoms with Crippen molar-refractivity contribution in [3.8, 4) is 11.5 Å². The summed E-state index contributed by atoms with van der Waals surface area (Å²) in [5, 5.41) is 0. The number of ether oxygens (including phenoxy) is 2. The maximum absolute atomic E-state index is 12.8. The molecule has 7 heteroatoms. The first kappa shape index (κ1) is 18.3. The quantitative estimate of drug-likeness (QED) is 0.706. The van der Waals surface area contributed by atoms with Crippen LogP contribution in [0.2, 0.25) is 0 Å². The van der Waals surface area contributed by atoms with Crippen molar-refractivity contribution in [2.24, 2.45) is 0 Å². The van der Waals surface area contributed by atoms with Crippen LogP contribution in [0.1, 0.15) is 20.3 Å². The number of halogens is 3. The van der Waals surface area contributed by atoms with Crippen molar-refractivity contribution in [1.29, 1.82) is 0 Å². The van der Waals surface area contributed by atoms with Gasteiger partial charge in [0, 0.05) is 0 Å². The minimum atomic E-state index is -5.11. The minimum absolute atomic E-state index is 0. The molecule has 0 bridgehead atoms. The summed E-state index contributed by atoms with van der Waals surface area (Å²) in [5.41, 5.74) is -0.746. The summed E-state index contributed by atoms with van der Waals surface area (Å²) in [5.74, 6) is 0.0448. The van der Waals surface area contributed by atoms with E-state index in [0.717, 1.165) is 6.07 Å². The first-order valence-corrected chi connectivity index (χ1v) is 5.43. The Hall–Kier alpha value is 0.311. The van der Waals surface area contributed by atoms with Gasteiger partial charge in [0.05, 0.1) is 19.0 Å². The largest absolute Gasteiger partial charge is 1.00 e. The van der Waals surface area contributed by atoms with E-state index in [1.807, 2.05) is 6.92 Å². The van der Waals surface area contributed by atoms with Crippen molar-refractivity contribution in [1.82, 2.24) is 0 Å². The summed E-state index contributed by atoms with van der Waals surface area (Å²) < 4.78 is 48.6. The molecule has 2 nitrogen and oxygen atoms in total. The third-order valence-electron chi connectivity index (χ3n) is 2.47. The van der Waals surface area contributed by atoms with Crippen LogP contribution in [0.25, 0.3) is 0 Å². The van der Waals surface area contributed by atoms with Crippen molar-refractivity contribution in [2.75, 3.05) is 7.11 Å². The average Bonchev–Trinajstić information content (AvgIpc) is 2.28. The van der Waals surface area contributed by atoms with E-state index in [2.05, 4.69) is 0 Å². The average molecular weight is 286 g/mol. The predicted octanol–water partition coefficient (Wildman–Crippen LogP) is -0.0691. The van der Waals surface area contributed by atoms with E-state index >= 15 is 0 Å². The molecule has 0 radical (unpaired) electrons. The molecule has 0 saturated heterocycles. The van der Waals surface area contributed by atoms with Crippen LogP contribution in [0.4, 0.5) is 12.9 Å². The molecule has 1 aromatic rings. The Kier molecular flexibility index (Phi) is 7.93. The van der Waals surface area contributed by atoms with Crippen LogP contribution >= 0.6 is 0 Å². The molecule has 0 aromatic heterocycles. The van der Waals surface area contributed by atoms with Crippen molar-refractivity contribution >= 4 is 12.4 Å². The Morgan fingerprint density at radius 2 is 1.89 bits per heavy atom. The van der Waals surface area contributed by atoms with E-state index in [1.54, 1.807) is 6.92 Å². The van der Waals surface area contributed by atoms with Crippen molar-refractivity contribution in [3.05, 3.63) is 18.2 Å². The summed E-state index contributed by atoms with van der Waals surface area (Å²) in [7, 11) is 1.33. The van der Waals surface area contributed by atoms with E-state index in [-0.39, 0.29) is 69.0 Å². The number of methoxy groups -OCH3 is 1. The molecular weight excluding hydrogens is 271 g/mol. The molecule has 18 heavy (non-hydrogen) atoms. The molecule has 0 aliphatic carbocycles. The molecule has 1 unspecified atom stereocenters. The van der Waals surface area contributed by atoms with Gasteiger partial charge in [-0.25, -0.2) is 0 Å². The first-order chi connectivity index (χ1) is 7.88. The Labute approximate surface area is 148 Å². The van der Waals surface area contributed by atoms with Gasteiger partial charge in [-0.2, -0.15) is 0 Å². The summed E-state index contributed by atoms with van der Waals surface area (Å²) in [6, 6.07) is 3.73. The minimum Gasteiger partial charge on any atom is -0.497 e. The first-order valence-electron chi connectivity index (χ1n) is 5.43. The zero-order valence-electron chi connectivity index (χ0n) is 11.0. The third kappa shape index (κ3) is 5.13. The number of hydrogen-bond donors (Lipinski definition) is 0. The Bertz CT molecular complexity index is 385. The van der Waals surface area contributed by atoms with E-state index in [1.165, 1.54) is 19.2 Å². The summed E-state index contributed by atoms with van der Waals surface area (Å²) in [6.07, 6.45) is 0.399. The molecule has 1 rings (SSSR count). The van der Waals surface area contributed by atoms with Crippen LogP contribution in [-0.4, -0.2) is 20.2 Å². The van der Waals surface area contributed by atoms with Crippen LogP contribution in [-0.2, 0) is 0 Å². The molecule has 0 heterocycles. The van der Waals surface area contributed by atoms with Crippen LogP contribution in [0.3, 0.4) is 0 Å². The smallest absolute Gasteiger partial charge is 0.497 e. The predicted molar refractivity (Wildman–Crippen MR) is 62.1 cm³/mol. The van der Waals surface area contributed by atoms with Crippen molar-refractivity contribution < 1.29 is 73.8 Å². The fourth-order valence-corrected chi connectivity index (χ4v) is 1.32. The maximum atomic E-state index is 12.8. The Balaban J connectivity index is 0.00000289. The van der Waals surface area contributed by atoms with E-state index in [4.69, 9.17) is 9.47 Å². The summed E-state index contributed by atoms with van der Waals surface area (Å²) >= 11 is 0. The molecule has 0 saturated carbocycles. The van der Waals surface area contributed by atoms with Gasteiger partial charge in [0.1, 0.15) is 5.75 Å². The molecule has 1 atom stereocenters. The molecule has 0 N–H and O–H groups in total. The number of rotatable bonds is 5. The monoisotopic (exact) mass is 286 g/mol. The van der Waals surface area contributed by atoms with Crippen LogP contribution in [0.5, 0.6) is 11.5 Å². The van der Waals surface area contributed by atoms with Gasteiger partial charge in [-0.1, -0.05) is 12.4 Å². The van der Waals surface area contributed by atoms with E-state index in [0.29, 0.717) is 6.42 Å². The number of hydrogen-bond acceptors (Lipinski definition) is 2. The standard InChI is InChI=1S/C11H15BF3O2.K/c1-4-8(2)17-11-6-5-9(16-3)7-10(11)12(13,14)15;/h5-8H,4H2,1-3H3;/q-1;+1. The van der Waals surface area contributed by atoms with E-state index in [9.17, 15) is 12.9 Å². The van der Waals surface area contributed by atoms with Gasteiger partial charge >= 0.3 is 58.4 Å². The van der Waals surface area contributed by atoms with Gasteiger partial charge in [0.25, 0.3) is 0 Å². The fourth-order valence-electron chi connectivity index (χ4n) is 1.32. The molecule has 1 aromatic carbocycles. The van der Waals surface area contributed by atoms with Gasteiger partial charge in [0.2, 0.25) is 0 Å². The van der Waals surface area contributed by atoms with Gasteiger partial charge in [-0.15, -0.1) is 0 Å². The molecular formula is C11H15BF3KO2. The third-order valence-corrected chi connectivity index (χ3v) is 2.47. The summed E-state index contributed by atoms with van der Waals surface area (Å²) in [4.78, 5) is 0. The van der Waals surface area contributed by atoms with Gasteiger partial charge in [-0.3, -0.25) is 0 Å². The zero-order chi connectivity index (χ0) is 13.1. The molecule has 0 spiro atoms. The zero-order valence-corrected chi connectivity index (χ0v) is 14.2. The Morgan fingerprint density at radius 1 is 1.28 bits per heavy atom. The molecule has 0 aliphatic rings. The fraction of sp³-hybridized carbons (Fsp3) is 0.455. The van der Waals surface area contributed by atoms with Crippen molar-refractivity contribution in [3.63, 3.8) is 0 Å². The molecule has 0 fully saturated rings. The molecule has 96 valence electrons. The van der Waals surface area contributed by atoms with E-state index < -0.39 is 12.4 Å². The summed E-state index contributed by atoms with van der Waals surface area (Å²) in [6.45, 7) is -1.52. The molecule has 0 amide bonds. The van der Waals surface area contributed by atoms with Gasteiger partial charge in [0.15, 0.2) is 0 Å². The van der Waals surface area contributed by atoms with Gasteiger partial charge in [-0.05, 0) is 31.5 Å². The topological polar surface area (TPSA) is 18.5 Å². The van der Waals surface area contributed by atoms with Crippen LogP contribution in [0.15, 0.2) is 18.2 Å². The maximum Gasteiger partial charge on any atom is 1.00 e. The Morgan fingerprint density at radius 3 is 2.33 bits per heavy atom. The van der Waals surface area contributed by atoms with Crippen LogP contribution in [0, 0.1) is 0 Å². The normalized spacial score (nSPS) is 12.6. The van der Waals surface area contributed by atoms with Crippen LogP contribution < -0.4 is 66.3 Å². The molecule has 0 aliphatic heterocycles. The second-order valence-corrected chi connectivity index (χ2v) is 3.82. The second-order valence-electron chi connectivity index (χ2n) is 3.82. The second kappa shape index (κ2) is 7.79.